The van der Waals surface area contributed by atoms with Crippen LogP contribution in [0.2, 0.25) is 0 Å². The zero-order valence-corrected chi connectivity index (χ0v) is 19.6. The summed E-state index contributed by atoms with van der Waals surface area (Å²) in [6, 6.07) is 12.2. The number of benzene rings is 2. The fourth-order valence-corrected chi connectivity index (χ4v) is 3.48. The van der Waals surface area contributed by atoms with E-state index in [1.165, 1.54) is 11.1 Å². The zero-order valence-electron chi connectivity index (χ0n) is 18.9. The van der Waals surface area contributed by atoms with Gasteiger partial charge in [-0.2, -0.15) is 0 Å². The Labute approximate surface area is 196 Å². The molecule has 0 saturated carbocycles. The summed E-state index contributed by atoms with van der Waals surface area (Å²) in [6.45, 7) is 5.23. The molecular weight excluding hydrogens is 424 g/mol. The zero-order chi connectivity index (χ0) is 22.1. The topological polar surface area (TPSA) is 109 Å². The van der Waals surface area contributed by atoms with Gasteiger partial charge in [0.2, 0.25) is 6.33 Å². The number of rotatable bonds is 12. The Morgan fingerprint density at radius 2 is 1.41 bits per heavy atom. The summed E-state index contributed by atoms with van der Waals surface area (Å²) < 4.78 is 4.39. The van der Waals surface area contributed by atoms with Gasteiger partial charge in [0.1, 0.15) is 25.5 Å². The summed E-state index contributed by atoms with van der Waals surface area (Å²) in [4.78, 5) is 0. The highest BCUT2D eigenvalue weighted by Crippen LogP contribution is 2.19. The van der Waals surface area contributed by atoms with Crippen LogP contribution in [0.4, 0.5) is 22.7 Å². The Kier molecular flexibility index (Phi) is 10.1. The molecule has 3 aromatic rings. The summed E-state index contributed by atoms with van der Waals surface area (Å²) in [5.41, 5.74) is 17.9. The monoisotopic (exact) mass is 458 g/mol. The highest BCUT2D eigenvalue weighted by atomic mass is 35.5. The second kappa shape index (κ2) is 12.8. The molecule has 0 saturated heterocycles. The van der Waals surface area contributed by atoms with Crippen molar-refractivity contribution in [2.75, 3.05) is 49.3 Å². The van der Waals surface area contributed by atoms with Crippen molar-refractivity contribution in [2.24, 2.45) is 0 Å². The molecule has 0 aliphatic carbocycles. The number of anilines is 4. The Balaban J connectivity index is 0.00000363. The fraction of sp³-hybridized carbons (Fsp3) is 0.348. The van der Waals surface area contributed by atoms with Crippen molar-refractivity contribution in [3.8, 4) is 0 Å². The first kappa shape index (κ1) is 25.3. The van der Waals surface area contributed by atoms with Gasteiger partial charge in [0.25, 0.3) is 0 Å². The molecule has 174 valence electrons. The van der Waals surface area contributed by atoms with Crippen LogP contribution >= 0.6 is 0 Å². The van der Waals surface area contributed by atoms with Gasteiger partial charge in [-0.1, -0.05) is 12.1 Å². The summed E-state index contributed by atoms with van der Waals surface area (Å²) in [5, 5.41) is 13.1. The van der Waals surface area contributed by atoms with E-state index >= 15 is 0 Å². The van der Waals surface area contributed by atoms with Crippen LogP contribution in [-0.4, -0.2) is 31.8 Å². The molecule has 0 fully saturated rings. The highest BCUT2D eigenvalue weighted by molar-refractivity contribution is 5.67. The van der Waals surface area contributed by atoms with E-state index in [1.54, 1.807) is 0 Å². The molecule has 8 N–H and O–H groups in total. The van der Waals surface area contributed by atoms with Crippen LogP contribution in [0.1, 0.15) is 11.1 Å². The number of hydrogen-bond donors (Lipinski definition) is 6. The average molecular weight is 459 g/mol. The van der Waals surface area contributed by atoms with E-state index in [0.717, 1.165) is 62.0 Å². The van der Waals surface area contributed by atoms with Gasteiger partial charge in [0.15, 0.2) is 0 Å². The standard InChI is InChI=1S/C23H35N8.ClH/c1-26-22-5-3-18(13-20(22)24)15-28-7-9-30-11-12-31(17-30)10-8-29-16-19-4-6-23(27-2)21(25)14-19;/h3-6,11-14,17,26-29H,7-10,15-16,24-25H2,1-2H3;1H/q+1;/p-1. The molecule has 9 heteroatoms. The number of nitrogens with one attached hydrogen (secondary N) is 4. The van der Waals surface area contributed by atoms with Gasteiger partial charge in [-0.05, 0) is 35.4 Å². The van der Waals surface area contributed by atoms with E-state index in [1.807, 2.05) is 38.4 Å². The van der Waals surface area contributed by atoms with Crippen LogP contribution in [-0.2, 0) is 26.2 Å². The minimum atomic E-state index is 0. The number of halogens is 1. The van der Waals surface area contributed by atoms with Crippen molar-refractivity contribution in [3.05, 3.63) is 66.2 Å². The first-order valence-corrected chi connectivity index (χ1v) is 10.7. The number of hydrogen-bond acceptors (Lipinski definition) is 6. The third-order valence-corrected chi connectivity index (χ3v) is 5.27. The molecule has 0 spiro atoms. The summed E-state index contributed by atoms with van der Waals surface area (Å²) in [5.74, 6) is 0. The van der Waals surface area contributed by atoms with Gasteiger partial charge in [0, 0.05) is 40.3 Å². The van der Waals surface area contributed by atoms with Crippen LogP contribution < -0.4 is 49.7 Å². The molecule has 0 aliphatic heterocycles. The minimum absolute atomic E-state index is 0. The predicted molar refractivity (Wildman–Crippen MR) is 129 cm³/mol. The van der Waals surface area contributed by atoms with E-state index in [-0.39, 0.29) is 12.4 Å². The third-order valence-electron chi connectivity index (χ3n) is 5.27. The number of nitrogens with two attached hydrogens (primary N) is 2. The maximum Gasteiger partial charge on any atom is 0.243 e. The molecule has 2 aromatic carbocycles. The Morgan fingerprint density at radius 3 is 1.94 bits per heavy atom. The van der Waals surface area contributed by atoms with Crippen molar-refractivity contribution in [3.63, 3.8) is 0 Å². The second-order valence-corrected chi connectivity index (χ2v) is 7.59. The quantitative estimate of drug-likeness (QED) is 0.113. The molecule has 8 nitrogen and oxygen atoms in total. The fourth-order valence-electron chi connectivity index (χ4n) is 3.48. The van der Waals surface area contributed by atoms with Crippen LogP contribution in [0.15, 0.2) is 55.1 Å². The van der Waals surface area contributed by atoms with Crippen LogP contribution in [0.3, 0.4) is 0 Å². The lowest BCUT2D eigenvalue weighted by Gasteiger charge is -2.08. The van der Waals surface area contributed by atoms with Crippen molar-refractivity contribution in [2.45, 2.75) is 26.2 Å². The molecular formula is C23H35ClN8. The maximum absolute atomic E-state index is 6.02. The van der Waals surface area contributed by atoms with Gasteiger partial charge in [-0.25, -0.2) is 9.13 Å². The van der Waals surface area contributed by atoms with E-state index in [9.17, 15) is 0 Å². The molecule has 3 rings (SSSR count). The Hall–Kier alpha value is -2.94. The summed E-state index contributed by atoms with van der Waals surface area (Å²) >= 11 is 0. The van der Waals surface area contributed by atoms with E-state index in [4.69, 9.17) is 11.5 Å². The number of nitrogen functional groups attached to an aromatic ring is 2. The highest BCUT2D eigenvalue weighted by Gasteiger charge is 2.05. The van der Waals surface area contributed by atoms with Gasteiger partial charge in [-0.3, -0.25) is 0 Å². The number of nitrogens with zero attached hydrogens (tertiary/aromatic N) is 2. The number of aromatic nitrogens is 2. The van der Waals surface area contributed by atoms with E-state index in [0.29, 0.717) is 0 Å². The van der Waals surface area contributed by atoms with Gasteiger partial charge in [-0.15, -0.1) is 0 Å². The molecule has 1 heterocycles. The molecule has 0 aliphatic rings. The average Bonchev–Trinajstić information content (AvgIpc) is 3.22. The van der Waals surface area contributed by atoms with Crippen molar-refractivity contribution in [1.82, 2.24) is 15.2 Å². The van der Waals surface area contributed by atoms with E-state index < -0.39 is 0 Å². The second-order valence-electron chi connectivity index (χ2n) is 7.59. The van der Waals surface area contributed by atoms with Crippen molar-refractivity contribution >= 4 is 22.7 Å². The first-order chi connectivity index (χ1) is 15.1. The maximum atomic E-state index is 6.02. The van der Waals surface area contributed by atoms with Gasteiger partial charge < -0.3 is 45.1 Å². The van der Waals surface area contributed by atoms with Crippen molar-refractivity contribution in [1.29, 1.82) is 0 Å². The van der Waals surface area contributed by atoms with E-state index in [2.05, 4.69) is 61.3 Å². The van der Waals surface area contributed by atoms with Gasteiger partial charge in [0.05, 0.1) is 22.7 Å². The lowest BCUT2D eigenvalue weighted by molar-refractivity contribution is -0.694. The van der Waals surface area contributed by atoms with Crippen molar-refractivity contribution < 1.29 is 17.0 Å². The van der Waals surface area contributed by atoms with Crippen LogP contribution in [0.25, 0.3) is 0 Å². The third kappa shape index (κ3) is 7.33. The minimum Gasteiger partial charge on any atom is -1.00 e. The molecule has 1 aromatic heterocycles. The molecule has 0 amide bonds. The SMILES string of the molecule is CNc1ccc(CNCCn2cc[n+](CCNCc3ccc(NC)c(N)c3)c2)cc1N.[Cl-]. The first-order valence-electron chi connectivity index (χ1n) is 10.7. The normalized spacial score (nSPS) is 10.6. The van der Waals surface area contributed by atoms with Crippen LogP contribution in [0, 0.1) is 0 Å². The summed E-state index contributed by atoms with van der Waals surface area (Å²) in [6.07, 6.45) is 6.36. The Morgan fingerprint density at radius 1 is 0.844 bits per heavy atom. The molecule has 0 radical (unpaired) electrons. The molecule has 0 atom stereocenters. The molecule has 0 bridgehead atoms. The lowest BCUT2D eigenvalue weighted by Crippen LogP contribution is -3.00. The molecule has 0 unspecified atom stereocenters. The lowest BCUT2D eigenvalue weighted by atomic mass is 10.1. The van der Waals surface area contributed by atoms with Crippen LogP contribution in [0.5, 0.6) is 0 Å². The largest absolute Gasteiger partial charge is 1.00 e. The smallest absolute Gasteiger partial charge is 0.243 e. The Bertz CT molecular complexity index is 896. The van der Waals surface area contributed by atoms with Gasteiger partial charge >= 0.3 is 0 Å². The summed E-state index contributed by atoms with van der Waals surface area (Å²) in [7, 11) is 3.75. The number of imidazole rings is 1. The predicted octanol–water partition coefficient (Wildman–Crippen LogP) is -1.39. The molecule has 32 heavy (non-hydrogen) atoms.